The molecule has 0 fully saturated rings. The van der Waals surface area contributed by atoms with Crippen LogP contribution in [0.2, 0.25) is 0 Å². The van der Waals surface area contributed by atoms with Gasteiger partial charge in [-0.2, -0.15) is 0 Å². The smallest absolute Gasteiger partial charge is 0.364 e. The summed E-state index contributed by atoms with van der Waals surface area (Å²) in [6, 6.07) is 18.5. The number of rotatable bonds is 20. The van der Waals surface area contributed by atoms with Gasteiger partial charge in [-0.05, 0) is 37.5 Å². The van der Waals surface area contributed by atoms with Crippen LogP contribution in [0.15, 0.2) is 54.6 Å². The summed E-state index contributed by atoms with van der Waals surface area (Å²) in [5, 5.41) is 0. The zero-order chi connectivity index (χ0) is 26.8. The first-order valence-electron chi connectivity index (χ1n) is 14.7. The Morgan fingerprint density at radius 3 is 1.95 bits per heavy atom. The Kier molecular flexibility index (Phi) is 15.0. The van der Waals surface area contributed by atoms with E-state index in [0.29, 0.717) is 24.1 Å². The van der Waals surface area contributed by atoms with E-state index in [9.17, 15) is 4.79 Å². The van der Waals surface area contributed by atoms with E-state index >= 15 is 0 Å². The fourth-order valence-electron chi connectivity index (χ4n) is 4.59. The lowest BCUT2D eigenvalue weighted by atomic mass is 10.0. The highest BCUT2D eigenvalue weighted by molar-refractivity contribution is 5.74. The van der Waals surface area contributed by atoms with Crippen molar-refractivity contribution >= 4 is 5.97 Å². The third-order valence-corrected chi connectivity index (χ3v) is 7.37. The number of carbonyl (C=O) groups is 1. The van der Waals surface area contributed by atoms with Gasteiger partial charge < -0.3 is 14.0 Å². The third kappa shape index (κ3) is 13.2. The predicted octanol–water partition coefficient (Wildman–Crippen LogP) is 8.13. The SMILES string of the molecule is CCCCCCCCCCCCc1ccc(OCCCOC(=O)C(C)[N+](C)(C)Cc2ccccc2)cc1. The van der Waals surface area contributed by atoms with Crippen LogP contribution in [-0.4, -0.2) is 43.8 Å². The average molecular weight is 511 g/mol. The largest absolute Gasteiger partial charge is 0.493 e. The third-order valence-electron chi connectivity index (χ3n) is 7.37. The minimum Gasteiger partial charge on any atom is -0.493 e. The van der Waals surface area contributed by atoms with Gasteiger partial charge in [-0.25, -0.2) is 4.79 Å². The minimum atomic E-state index is -0.232. The molecule has 2 aromatic rings. The molecular formula is C33H52NO3+. The summed E-state index contributed by atoms with van der Waals surface area (Å²) >= 11 is 0. The van der Waals surface area contributed by atoms with Crippen molar-refractivity contribution in [2.75, 3.05) is 27.3 Å². The standard InChI is InChI=1S/C33H52NO3/c1-5-6-7-8-9-10-11-12-13-15-19-30-22-24-32(25-23-30)36-26-18-27-37-33(35)29(2)34(3,4)28-31-20-16-14-17-21-31/h14,16-17,20-25,29H,5-13,15,18-19,26-28H2,1-4H3/q+1. The molecule has 37 heavy (non-hydrogen) atoms. The number of unbranched alkanes of at least 4 members (excludes halogenated alkanes) is 9. The van der Waals surface area contributed by atoms with Gasteiger partial charge in [-0.15, -0.1) is 0 Å². The van der Waals surface area contributed by atoms with Crippen LogP contribution in [0, 0.1) is 0 Å². The summed E-state index contributed by atoms with van der Waals surface area (Å²) in [7, 11) is 4.14. The van der Waals surface area contributed by atoms with Gasteiger partial charge in [-0.1, -0.05) is 107 Å². The Hall–Kier alpha value is -2.33. The predicted molar refractivity (Wildman–Crippen MR) is 155 cm³/mol. The van der Waals surface area contributed by atoms with Crippen molar-refractivity contribution in [3.63, 3.8) is 0 Å². The van der Waals surface area contributed by atoms with Crippen molar-refractivity contribution in [1.29, 1.82) is 0 Å². The zero-order valence-corrected chi connectivity index (χ0v) is 24.1. The molecule has 0 N–H and O–H groups in total. The van der Waals surface area contributed by atoms with Gasteiger partial charge in [0.2, 0.25) is 0 Å². The molecule has 0 aliphatic heterocycles. The Morgan fingerprint density at radius 2 is 1.32 bits per heavy atom. The number of aryl methyl sites for hydroxylation is 1. The number of likely N-dealkylation sites (N-methyl/N-ethyl adjacent to an activating group) is 1. The first kappa shape index (κ1) is 30.9. The van der Waals surface area contributed by atoms with Crippen LogP contribution in [-0.2, 0) is 22.5 Å². The normalized spacial score (nSPS) is 12.3. The molecule has 2 aromatic carbocycles. The highest BCUT2D eigenvalue weighted by atomic mass is 16.5. The highest BCUT2D eigenvalue weighted by Gasteiger charge is 2.32. The molecule has 0 saturated carbocycles. The van der Waals surface area contributed by atoms with Crippen molar-refractivity contribution in [2.45, 2.75) is 103 Å². The number of esters is 1. The summed E-state index contributed by atoms with van der Waals surface area (Å²) in [5.74, 6) is 0.726. The molecule has 1 unspecified atom stereocenters. The lowest BCUT2D eigenvalue weighted by molar-refractivity contribution is -0.917. The van der Waals surface area contributed by atoms with Crippen molar-refractivity contribution in [2.24, 2.45) is 0 Å². The quantitative estimate of drug-likeness (QED) is 0.102. The van der Waals surface area contributed by atoms with Crippen LogP contribution in [0.3, 0.4) is 0 Å². The Morgan fingerprint density at radius 1 is 0.730 bits per heavy atom. The Labute approximate surface area is 227 Å². The monoisotopic (exact) mass is 510 g/mol. The number of hydrogen-bond donors (Lipinski definition) is 0. The molecule has 1 atom stereocenters. The van der Waals surface area contributed by atoms with Gasteiger partial charge in [-0.3, -0.25) is 0 Å². The highest BCUT2D eigenvalue weighted by Crippen LogP contribution is 2.17. The molecule has 0 amide bonds. The lowest BCUT2D eigenvalue weighted by Gasteiger charge is -2.34. The van der Waals surface area contributed by atoms with E-state index in [0.717, 1.165) is 18.7 Å². The maximum Gasteiger partial charge on any atom is 0.364 e. The second kappa shape index (κ2) is 18.0. The topological polar surface area (TPSA) is 35.5 Å². The molecule has 0 spiro atoms. The number of ether oxygens (including phenoxy) is 2. The molecule has 206 valence electrons. The van der Waals surface area contributed by atoms with E-state index in [1.54, 1.807) is 0 Å². The average Bonchev–Trinajstić information content (AvgIpc) is 2.90. The molecule has 0 aromatic heterocycles. The summed E-state index contributed by atoms with van der Waals surface area (Å²) in [4.78, 5) is 12.6. The van der Waals surface area contributed by atoms with Crippen molar-refractivity contribution in [3.8, 4) is 5.75 Å². The Balaban J connectivity index is 1.53. The number of carbonyl (C=O) groups excluding carboxylic acids is 1. The van der Waals surface area contributed by atoms with E-state index in [2.05, 4.69) is 57.4 Å². The fourth-order valence-corrected chi connectivity index (χ4v) is 4.59. The van der Waals surface area contributed by atoms with Gasteiger partial charge in [0.15, 0.2) is 6.04 Å². The number of benzene rings is 2. The second-order valence-corrected chi connectivity index (χ2v) is 11.0. The van der Waals surface area contributed by atoms with Crippen LogP contribution in [0.4, 0.5) is 0 Å². The van der Waals surface area contributed by atoms with E-state index in [-0.39, 0.29) is 12.0 Å². The van der Waals surface area contributed by atoms with E-state index < -0.39 is 0 Å². The summed E-state index contributed by atoms with van der Waals surface area (Å²) in [6.45, 7) is 5.93. The van der Waals surface area contributed by atoms with E-state index in [1.807, 2.05) is 25.1 Å². The van der Waals surface area contributed by atoms with Crippen LogP contribution in [0.25, 0.3) is 0 Å². The van der Waals surface area contributed by atoms with Crippen LogP contribution < -0.4 is 4.74 Å². The molecule has 0 aliphatic rings. The van der Waals surface area contributed by atoms with Crippen LogP contribution in [0.5, 0.6) is 5.75 Å². The van der Waals surface area contributed by atoms with Crippen LogP contribution in [0.1, 0.15) is 95.6 Å². The van der Waals surface area contributed by atoms with Crippen molar-refractivity contribution in [3.05, 3.63) is 65.7 Å². The molecule has 0 heterocycles. The van der Waals surface area contributed by atoms with Gasteiger partial charge in [0.05, 0.1) is 27.3 Å². The number of nitrogens with zero attached hydrogens (tertiary/aromatic N) is 1. The summed E-state index contributed by atoms with van der Waals surface area (Å²) in [5.41, 5.74) is 2.60. The molecule has 2 rings (SSSR count). The van der Waals surface area contributed by atoms with E-state index in [1.165, 1.54) is 75.3 Å². The first-order chi connectivity index (χ1) is 17.9. The second-order valence-electron chi connectivity index (χ2n) is 11.0. The molecule has 0 saturated heterocycles. The molecule has 4 heteroatoms. The lowest BCUT2D eigenvalue weighted by Crippen LogP contribution is -2.51. The van der Waals surface area contributed by atoms with Gasteiger partial charge in [0.25, 0.3) is 0 Å². The molecule has 0 bridgehead atoms. The Bertz CT molecular complexity index is 848. The number of hydrogen-bond acceptors (Lipinski definition) is 3. The van der Waals surface area contributed by atoms with Gasteiger partial charge in [0.1, 0.15) is 12.3 Å². The molecule has 4 nitrogen and oxygen atoms in total. The summed E-state index contributed by atoms with van der Waals surface area (Å²) in [6.07, 6.45) is 15.5. The van der Waals surface area contributed by atoms with Gasteiger partial charge in [0, 0.05) is 12.0 Å². The van der Waals surface area contributed by atoms with Crippen molar-refractivity contribution < 1.29 is 18.8 Å². The molecule has 0 radical (unpaired) electrons. The molecule has 0 aliphatic carbocycles. The number of quaternary nitrogens is 1. The van der Waals surface area contributed by atoms with Crippen molar-refractivity contribution in [1.82, 2.24) is 0 Å². The zero-order valence-electron chi connectivity index (χ0n) is 24.1. The fraction of sp³-hybridized carbons (Fsp3) is 0.606. The van der Waals surface area contributed by atoms with E-state index in [4.69, 9.17) is 9.47 Å². The molecular weight excluding hydrogens is 458 g/mol. The maximum atomic E-state index is 12.6. The minimum absolute atomic E-state index is 0.155. The van der Waals surface area contributed by atoms with Gasteiger partial charge >= 0.3 is 5.97 Å². The summed E-state index contributed by atoms with van der Waals surface area (Å²) < 4.78 is 12.0. The maximum absolute atomic E-state index is 12.6. The first-order valence-corrected chi connectivity index (χ1v) is 14.7. The van der Waals surface area contributed by atoms with Crippen LogP contribution >= 0.6 is 0 Å².